The molecule has 2 N–H and O–H groups in total. The molecule has 1 fully saturated rings. The smallest absolute Gasteiger partial charge is 0.305 e. The third-order valence-corrected chi connectivity index (χ3v) is 9.67. The fourth-order valence-corrected chi connectivity index (χ4v) is 6.95. The molecule has 1 aromatic rings. The van der Waals surface area contributed by atoms with Gasteiger partial charge in [-0.2, -0.15) is 0 Å². The molecular formula is C28H43NO14S2. The SMILES string of the molecule is O=C(O)CCOCCNC(=O)c1ccc(C(=O)C2CS(=O)(=O)CCOCCOCCOCCOCCOCCS(=O)(=O)C2)cc1. The number of carboxylic acids is 1. The Hall–Kier alpha value is -2.51. The van der Waals surface area contributed by atoms with Gasteiger partial charge in [0.15, 0.2) is 25.5 Å². The normalized spacial score (nSPS) is 20.2. The number of sulfone groups is 2. The third kappa shape index (κ3) is 17.7. The third-order valence-electron chi connectivity index (χ3n) is 6.27. The molecule has 1 heterocycles. The van der Waals surface area contributed by atoms with Gasteiger partial charge < -0.3 is 38.8 Å². The highest BCUT2D eigenvalue weighted by atomic mass is 32.2. The van der Waals surface area contributed by atoms with Crippen molar-refractivity contribution in [1.82, 2.24) is 5.32 Å². The summed E-state index contributed by atoms with van der Waals surface area (Å²) < 4.78 is 83.5. The molecule has 0 radical (unpaired) electrons. The zero-order valence-electron chi connectivity index (χ0n) is 25.2. The van der Waals surface area contributed by atoms with Gasteiger partial charge in [0.2, 0.25) is 0 Å². The minimum atomic E-state index is -3.90. The number of benzene rings is 1. The fraction of sp³-hybridized carbons (Fsp3) is 0.679. The Morgan fingerprint density at radius 2 is 1.11 bits per heavy atom. The van der Waals surface area contributed by atoms with Crippen LogP contribution in [0.2, 0.25) is 0 Å². The Balaban J connectivity index is 2.06. The van der Waals surface area contributed by atoms with Crippen LogP contribution in [0.15, 0.2) is 24.3 Å². The van der Waals surface area contributed by atoms with Crippen LogP contribution >= 0.6 is 0 Å². The minimum Gasteiger partial charge on any atom is -0.481 e. The highest BCUT2D eigenvalue weighted by molar-refractivity contribution is 7.92. The number of ether oxygens (including phenoxy) is 6. The maximum atomic E-state index is 13.4. The van der Waals surface area contributed by atoms with Crippen LogP contribution in [-0.4, -0.2) is 148 Å². The molecule has 0 aliphatic carbocycles. The lowest BCUT2D eigenvalue weighted by Gasteiger charge is -2.17. The van der Waals surface area contributed by atoms with Gasteiger partial charge in [-0.25, -0.2) is 16.8 Å². The average Bonchev–Trinajstić information content (AvgIpc) is 2.98. The molecule has 0 saturated carbocycles. The molecule has 256 valence electrons. The Bertz CT molecular complexity index is 1200. The van der Waals surface area contributed by atoms with E-state index in [0.29, 0.717) is 26.4 Å². The first-order valence-corrected chi connectivity index (χ1v) is 18.1. The molecule has 0 bridgehead atoms. The molecule has 1 amide bonds. The number of carbonyl (C=O) groups excluding carboxylic acids is 2. The summed E-state index contributed by atoms with van der Waals surface area (Å²) in [7, 11) is -7.81. The number of aliphatic carboxylic acids is 1. The van der Waals surface area contributed by atoms with Gasteiger partial charge in [0, 0.05) is 17.7 Å². The van der Waals surface area contributed by atoms with E-state index in [2.05, 4.69) is 5.32 Å². The molecule has 17 heteroatoms. The molecule has 1 aromatic carbocycles. The van der Waals surface area contributed by atoms with Crippen molar-refractivity contribution >= 4 is 37.3 Å². The summed E-state index contributed by atoms with van der Waals surface area (Å²) in [6, 6.07) is 5.40. The summed E-state index contributed by atoms with van der Waals surface area (Å²) in [6.45, 7) is 2.04. The molecule has 0 atom stereocenters. The summed E-state index contributed by atoms with van der Waals surface area (Å²) >= 11 is 0. The number of carboxylic acid groups (broad SMARTS) is 1. The van der Waals surface area contributed by atoms with Gasteiger partial charge in [-0.15, -0.1) is 0 Å². The van der Waals surface area contributed by atoms with Crippen LogP contribution in [0.1, 0.15) is 27.1 Å². The van der Waals surface area contributed by atoms with Gasteiger partial charge in [0.05, 0.1) is 115 Å². The molecule has 0 spiro atoms. The second kappa shape index (κ2) is 21.3. The first-order chi connectivity index (χ1) is 21.5. The summed E-state index contributed by atoms with van der Waals surface area (Å²) in [5.74, 6) is -5.80. The van der Waals surface area contributed by atoms with Crippen molar-refractivity contribution in [3.05, 3.63) is 35.4 Å². The van der Waals surface area contributed by atoms with Crippen molar-refractivity contribution in [2.45, 2.75) is 6.42 Å². The van der Waals surface area contributed by atoms with Crippen LogP contribution in [0.5, 0.6) is 0 Å². The quantitative estimate of drug-likeness (QED) is 0.252. The number of nitrogens with one attached hydrogen (secondary N) is 1. The van der Waals surface area contributed by atoms with E-state index in [1.807, 2.05) is 0 Å². The molecule has 1 aliphatic rings. The largest absolute Gasteiger partial charge is 0.481 e. The average molecular weight is 682 g/mol. The van der Waals surface area contributed by atoms with Gasteiger partial charge in [-0.05, 0) is 12.1 Å². The number of Topliss-reactive ketones (excluding diaryl/α,β-unsaturated/α-hetero) is 1. The molecule has 1 aliphatic heterocycles. The number of hydrogen-bond donors (Lipinski definition) is 2. The van der Waals surface area contributed by atoms with Crippen LogP contribution in [0.25, 0.3) is 0 Å². The van der Waals surface area contributed by atoms with E-state index in [0.717, 1.165) is 0 Å². The van der Waals surface area contributed by atoms with E-state index in [-0.39, 0.29) is 76.9 Å². The topological polar surface area (TPSA) is 207 Å². The van der Waals surface area contributed by atoms with Crippen LogP contribution < -0.4 is 5.32 Å². The Morgan fingerprint density at radius 1 is 0.689 bits per heavy atom. The van der Waals surface area contributed by atoms with Crippen LogP contribution in [0, 0.1) is 5.92 Å². The van der Waals surface area contributed by atoms with E-state index in [1.165, 1.54) is 24.3 Å². The van der Waals surface area contributed by atoms with Crippen LogP contribution in [0.4, 0.5) is 0 Å². The second-order valence-electron chi connectivity index (χ2n) is 9.94. The molecule has 0 unspecified atom stereocenters. The highest BCUT2D eigenvalue weighted by Crippen LogP contribution is 2.17. The van der Waals surface area contributed by atoms with E-state index >= 15 is 0 Å². The second-order valence-corrected chi connectivity index (χ2v) is 14.4. The van der Waals surface area contributed by atoms with Gasteiger partial charge in [-0.3, -0.25) is 14.4 Å². The lowest BCUT2D eigenvalue weighted by molar-refractivity contribution is -0.138. The summed E-state index contributed by atoms with van der Waals surface area (Å²) in [5, 5.41) is 11.2. The monoisotopic (exact) mass is 681 g/mol. The fourth-order valence-electron chi connectivity index (χ4n) is 3.95. The number of rotatable bonds is 9. The molecule has 45 heavy (non-hydrogen) atoms. The first kappa shape index (κ1) is 38.7. The lowest BCUT2D eigenvalue weighted by atomic mass is 9.99. The number of amides is 1. The van der Waals surface area contributed by atoms with Crippen molar-refractivity contribution < 1.29 is 64.7 Å². The standard InChI is InChI=1S/C28H43NO14S2/c30-26(31)5-7-38-8-6-29-28(33)24-3-1-23(2-4-24)27(32)25-21-44(34,35)19-17-42-15-13-40-11-9-39-10-12-41-14-16-43-18-20-45(36,37)22-25/h1-4,25H,5-22H2,(H,29,33)(H,30,31). The molecule has 0 aromatic heterocycles. The van der Waals surface area contributed by atoms with E-state index in [4.69, 9.17) is 33.5 Å². The van der Waals surface area contributed by atoms with Gasteiger partial charge in [0.1, 0.15) is 0 Å². The lowest BCUT2D eigenvalue weighted by Crippen LogP contribution is -2.34. The van der Waals surface area contributed by atoms with Gasteiger partial charge in [-0.1, -0.05) is 12.1 Å². The Morgan fingerprint density at radius 3 is 1.56 bits per heavy atom. The highest BCUT2D eigenvalue weighted by Gasteiger charge is 2.31. The predicted octanol–water partition coefficient (Wildman–Crippen LogP) is -0.367. The van der Waals surface area contributed by atoms with Crippen LogP contribution in [-0.2, 0) is 52.9 Å². The molecular weight excluding hydrogens is 638 g/mol. The minimum absolute atomic E-state index is 0.00871. The van der Waals surface area contributed by atoms with E-state index in [1.54, 1.807) is 0 Å². The van der Waals surface area contributed by atoms with E-state index < -0.39 is 66.3 Å². The first-order valence-electron chi connectivity index (χ1n) is 14.5. The predicted molar refractivity (Wildman–Crippen MR) is 161 cm³/mol. The summed E-state index contributed by atoms with van der Waals surface area (Å²) in [4.78, 5) is 36.3. The summed E-state index contributed by atoms with van der Waals surface area (Å²) in [6.07, 6.45) is -0.157. The van der Waals surface area contributed by atoms with Gasteiger partial charge >= 0.3 is 5.97 Å². The number of carbonyl (C=O) groups is 3. The van der Waals surface area contributed by atoms with Crippen molar-refractivity contribution in [3.8, 4) is 0 Å². The maximum Gasteiger partial charge on any atom is 0.305 e. The molecule has 2 rings (SSSR count). The van der Waals surface area contributed by atoms with Crippen molar-refractivity contribution in [3.63, 3.8) is 0 Å². The summed E-state index contributed by atoms with van der Waals surface area (Å²) in [5.41, 5.74) is 0.251. The zero-order chi connectivity index (χ0) is 33.0. The van der Waals surface area contributed by atoms with Crippen LogP contribution in [0.3, 0.4) is 0 Å². The Kier molecular flexibility index (Phi) is 18.3. The van der Waals surface area contributed by atoms with Crippen molar-refractivity contribution in [1.29, 1.82) is 0 Å². The number of hydrogen-bond acceptors (Lipinski definition) is 13. The maximum absolute atomic E-state index is 13.4. The number of ketones is 1. The van der Waals surface area contributed by atoms with E-state index in [9.17, 15) is 31.2 Å². The Labute approximate surface area is 263 Å². The zero-order valence-corrected chi connectivity index (χ0v) is 26.8. The van der Waals surface area contributed by atoms with Crippen molar-refractivity contribution in [2.24, 2.45) is 5.92 Å². The molecule has 15 nitrogen and oxygen atoms in total. The molecule has 1 saturated heterocycles. The van der Waals surface area contributed by atoms with Crippen molar-refractivity contribution in [2.75, 3.05) is 109 Å². The van der Waals surface area contributed by atoms with Gasteiger partial charge in [0.25, 0.3) is 5.91 Å².